The average molecular weight is 214 g/mol. The third-order valence-corrected chi connectivity index (χ3v) is 2.66. The highest BCUT2D eigenvalue weighted by molar-refractivity contribution is 5.23. The second-order valence-electron chi connectivity index (χ2n) is 3.68. The molecule has 15 heavy (non-hydrogen) atoms. The largest absolute Gasteiger partial charge is 0.234 e. The second kappa shape index (κ2) is 4.23. The fourth-order valence-electron chi connectivity index (χ4n) is 1.84. The molecule has 0 N–H and O–H groups in total. The van der Waals surface area contributed by atoms with E-state index in [0.717, 1.165) is 18.9 Å². The SMILES string of the molecule is Fc1ccc(C2CCCC[N]2)c(F)c1F. The summed E-state index contributed by atoms with van der Waals surface area (Å²) in [6.07, 6.45) is 2.65. The van der Waals surface area contributed by atoms with Crippen molar-refractivity contribution < 1.29 is 13.2 Å². The molecule has 2 rings (SSSR count). The Morgan fingerprint density at radius 3 is 2.53 bits per heavy atom. The molecule has 0 aromatic heterocycles. The van der Waals surface area contributed by atoms with E-state index in [1.807, 2.05) is 0 Å². The third-order valence-electron chi connectivity index (χ3n) is 2.66. The summed E-state index contributed by atoms with van der Waals surface area (Å²) in [6.45, 7) is 0.670. The number of hydrogen-bond donors (Lipinski definition) is 0. The third kappa shape index (κ3) is 2.00. The zero-order chi connectivity index (χ0) is 10.8. The topological polar surface area (TPSA) is 14.1 Å². The van der Waals surface area contributed by atoms with Gasteiger partial charge >= 0.3 is 0 Å². The minimum atomic E-state index is -1.40. The van der Waals surface area contributed by atoms with Gasteiger partial charge in [-0.1, -0.05) is 12.5 Å². The molecule has 0 spiro atoms. The molecule has 4 heteroatoms. The lowest BCUT2D eigenvalue weighted by atomic mass is 9.97. The van der Waals surface area contributed by atoms with E-state index in [-0.39, 0.29) is 11.6 Å². The lowest BCUT2D eigenvalue weighted by molar-refractivity contribution is 0.376. The van der Waals surface area contributed by atoms with E-state index in [1.54, 1.807) is 0 Å². The molecular formula is C11H11F3N. The van der Waals surface area contributed by atoms with Crippen molar-refractivity contribution >= 4 is 0 Å². The van der Waals surface area contributed by atoms with Crippen LogP contribution >= 0.6 is 0 Å². The Bertz CT molecular complexity index is 359. The maximum absolute atomic E-state index is 13.4. The number of halogens is 3. The summed E-state index contributed by atoms with van der Waals surface area (Å²) in [5.74, 6) is -3.63. The maximum Gasteiger partial charge on any atom is 0.194 e. The van der Waals surface area contributed by atoms with Gasteiger partial charge in [0.25, 0.3) is 0 Å². The highest BCUT2D eigenvalue weighted by Crippen LogP contribution is 2.28. The van der Waals surface area contributed by atoms with Crippen LogP contribution in [0.2, 0.25) is 0 Å². The molecule has 1 aromatic carbocycles. The smallest absolute Gasteiger partial charge is 0.194 e. The Morgan fingerprint density at radius 1 is 1.07 bits per heavy atom. The molecule has 1 aromatic rings. The van der Waals surface area contributed by atoms with Crippen LogP contribution in [0, 0.1) is 17.5 Å². The minimum absolute atomic E-state index is 0.175. The number of rotatable bonds is 1. The molecule has 1 aliphatic heterocycles. The van der Waals surface area contributed by atoms with Crippen molar-refractivity contribution in [1.29, 1.82) is 0 Å². The van der Waals surface area contributed by atoms with Gasteiger partial charge in [0.15, 0.2) is 17.5 Å². The Morgan fingerprint density at radius 2 is 1.87 bits per heavy atom. The fourth-order valence-corrected chi connectivity index (χ4v) is 1.84. The first kappa shape index (κ1) is 10.5. The molecule has 1 fully saturated rings. The van der Waals surface area contributed by atoms with Crippen molar-refractivity contribution in [3.8, 4) is 0 Å². The van der Waals surface area contributed by atoms with Gasteiger partial charge in [0.05, 0.1) is 6.04 Å². The fraction of sp³-hybridized carbons (Fsp3) is 0.455. The van der Waals surface area contributed by atoms with Gasteiger partial charge in [-0.3, -0.25) is 0 Å². The number of hydrogen-bond acceptors (Lipinski definition) is 0. The van der Waals surface area contributed by atoms with Crippen LogP contribution in [-0.2, 0) is 0 Å². The number of piperidine rings is 1. The molecule has 1 heterocycles. The maximum atomic E-state index is 13.4. The van der Waals surface area contributed by atoms with E-state index < -0.39 is 17.5 Å². The van der Waals surface area contributed by atoms with Gasteiger partial charge in [-0.2, -0.15) is 0 Å². The summed E-state index contributed by atoms with van der Waals surface area (Å²) >= 11 is 0. The van der Waals surface area contributed by atoms with Crippen LogP contribution < -0.4 is 5.32 Å². The van der Waals surface area contributed by atoms with Crippen molar-refractivity contribution in [3.63, 3.8) is 0 Å². The molecule has 1 atom stereocenters. The van der Waals surface area contributed by atoms with Crippen LogP contribution in [0.4, 0.5) is 13.2 Å². The predicted octanol–water partition coefficient (Wildman–Crippen LogP) is 2.93. The van der Waals surface area contributed by atoms with Gasteiger partial charge in [-0.05, 0) is 18.9 Å². The summed E-state index contributed by atoms with van der Waals surface area (Å²) in [6, 6.07) is 1.93. The van der Waals surface area contributed by atoms with Crippen molar-refractivity contribution in [1.82, 2.24) is 5.32 Å². The van der Waals surface area contributed by atoms with Crippen molar-refractivity contribution in [3.05, 3.63) is 35.1 Å². The average Bonchev–Trinajstić information content (AvgIpc) is 2.27. The molecule has 1 saturated heterocycles. The molecule has 1 unspecified atom stereocenters. The van der Waals surface area contributed by atoms with Crippen molar-refractivity contribution in [2.45, 2.75) is 25.3 Å². The molecular weight excluding hydrogens is 203 g/mol. The predicted molar refractivity (Wildman–Crippen MR) is 49.9 cm³/mol. The van der Waals surface area contributed by atoms with E-state index in [9.17, 15) is 13.2 Å². The molecule has 0 amide bonds. The Balaban J connectivity index is 2.31. The van der Waals surface area contributed by atoms with Crippen LogP contribution in [0.15, 0.2) is 12.1 Å². The van der Waals surface area contributed by atoms with Gasteiger partial charge < -0.3 is 0 Å². The molecule has 1 radical (unpaired) electrons. The second-order valence-corrected chi connectivity index (χ2v) is 3.68. The first-order valence-corrected chi connectivity index (χ1v) is 5.00. The molecule has 0 bridgehead atoms. The molecule has 1 nitrogen and oxygen atoms in total. The van der Waals surface area contributed by atoms with Crippen molar-refractivity contribution in [2.75, 3.05) is 6.54 Å². The standard InChI is InChI=1S/C11H11F3N/c12-8-5-4-7(10(13)11(8)14)9-3-1-2-6-15-9/h4-5,9H,1-3,6H2. The van der Waals surface area contributed by atoms with Gasteiger partial charge in [0.1, 0.15) is 0 Å². The molecule has 1 aliphatic rings. The van der Waals surface area contributed by atoms with E-state index in [0.29, 0.717) is 13.0 Å². The Labute approximate surface area is 86.3 Å². The molecule has 0 saturated carbocycles. The lowest BCUT2D eigenvalue weighted by Gasteiger charge is -2.22. The Kier molecular flexibility index (Phi) is 2.95. The summed E-state index contributed by atoms with van der Waals surface area (Å²) in [5.41, 5.74) is 0.175. The zero-order valence-corrected chi connectivity index (χ0v) is 8.14. The zero-order valence-electron chi connectivity index (χ0n) is 8.14. The van der Waals surface area contributed by atoms with Crippen LogP contribution in [0.5, 0.6) is 0 Å². The van der Waals surface area contributed by atoms with Crippen LogP contribution in [-0.4, -0.2) is 6.54 Å². The van der Waals surface area contributed by atoms with Gasteiger partial charge in [0.2, 0.25) is 0 Å². The lowest BCUT2D eigenvalue weighted by Crippen LogP contribution is -2.21. The van der Waals surface area contributed by atoms with Crippen LogP contribution in [0.25, 0.3) is 0 Å². The first-order chi connectivity index (χ1) is 7.20. The molecule has 81 valence electrons. The van der Waals surface area contributed by atoms with E-state index in [4.69, 9.17) is 0 Å². The summed E-state index contributed by atoms with van der Waals surface area (Å²) in [7, 11) is 0. The van der Waals surface area contributed by atoms with E-state index in [1.165, 1.54) is 6.07 Å². The first-order valence-electron chi connectivity index (χ1n) is 5.00. The normalized spacial score (nSPS) is 21.7. The number of benzene rings is 1. The summed E-state index contributed by atoms with van der Waals surface area (Å²) < 4.78 is 39.0. The minimum Gasteiger partial charge on any atom is -0.234 e. The van der Waals surface area contributed by atoms with E-state index >= 15 is 0 Å². The highest BCUT2D eigenvalue weighted by atomic mass is 19.2. The highest BCUT2D eigenvalue weighted by Gasteiger charge is 2.22. The quantitative estimate of drug-likeness (QED) is 0.638. The van der Waals surface area contributed by atoms with E-state index in [2.05, 4.69) is 5.32 Å². The Hall–Kier alpha value is -1.03. The van der Waals surface area contributed by atoms with Crippen molar-refractivity contribution in [2.24, 2.45) is 0 Å². The number of nitrogens with zero attached hydrogens (tertiary/aromatic N) is 1. The van der Waals surface area contributed by atoms with Gasteiger partial charge in [-0.15, -0.1) is 0 Å². The van der Waals surface area contributed by atoms with Gasteiger partial charge in [-0.25, -0.2) is 18.5 Å². The summed E-state index contributed by atoms with van der Waals surface area (Å²) in [4.78, 5) is 0. The van der Waals surface area contributed by atoms with Gasteiger partial charge in [0, 0.05) is 12.1 Å². The summed E-state index contributed by atoms with van der Waals surface area (Å²) in [5, 5.41) is 4.20. The molecule has 0 aliphatic carbocycles. The van der Waals surface area contributed by atoms with Crippen LogP contribution in [0.3, 0.4) is 0 Å². The monoisotopic (exact) mass is 214 g/mol. The van der Waals surface area contributed by atoms with Crippen LogP contribution in [0.1, 0.15) is 30.9 Å².